The van der Waals surface area contributed by atoms with Crippen LogP contribution in [0.15, 0.2) is 42.0 Å². The maximum atomic E-state index is 12.5. The van der Waals surface area contributed by atoms with Gasteiger partial charge in [0.05, 0.1) is 0 Å². The Morgan fingerprint density at radius 2 is 1.83 bits per heavy atom. The second kappa shape index (κ2) is 9.29. The van der Waals surface area contributed by atoms with Crippen molar-refractivity contribution in [2.45, 2.75) is 25.8 Å². The predicted octanol–water partition coefficient (Wildman–Crippen LogP) is 2.78. The molecule has 3 rings (SSSR count). The lowest BCUT2D eigenvalue weighted by molar-refractivity contribution is -0.118. The fraction of sp³-hybridized carbons (Fsp3) is 0.417. The zero-order chi connectivity index (χ0) is 21.7. The van der Waals surface area contributed by atoms with Crippen LogP contribution in [-0.2, 0) is 4.79 Å². The summed E-state index contributed by atoms with van der Waals surface area (Å²) in [5.74, 6) is -0.429. The number of hydrogen-bond acceptors (Lipinski definition) is 5. The minimum absolute atomic E-state index is 0.0281. The Kier molecular flexibility index (Phi) is 6.76. The van der Waals surface area contributed by atoms with Crippen LogP contribution in [0.3, 0.4) is 0 Å². The molecular weight excluding hydrogens is 376 g/mol. The van der Waals surface area contributed by atoms with Crippen molar-refractivity contribution >= 4 is 28.4 Å². The smallest absolute Gasteiger partial charge is 0.262 e. The quantitative estimate of drug-likeness (QED) is 0.570. The van der Waals surface area contributed by atoms with E-state index >= 15 is 0 Å². The first kappa shape index (κ1) is 21.8. The number of nitriles is 1. The van der Waals surface area contributed by atoms with Crippen LogP contribution in [-0.4, -0.2) is 61.3 Å². The minimum atomic E-state index is -0.579. The molecule has 0 saturated carbocycles. The third-order valence-corrected chi connectivity index (χ3v) is 5.58. The number of nitrogens with one attached hydrogen (secondary N) is 1. The summed E-state index contributed by atoms with van der Waals surface area (Å²) >= 11 is 0. The number of likely N-dealkylation sites (N-methyl/N-ethyl adjacent to an activating group) is 1. The SMILES string of the molecule is CN1CCN(c2ccc3cc(/C=C(\C#N)C(=O)NC(C)(C)CCO)ccc3c2)CC1. The molecule has 6 heteroatoms. The first-order valence-corrected chi connectivity index (χ1v) is 10.3. The Morgan fingerprint density at radius 3 is 2.50 bits per heavy atom. The number of carbonyl (C=O) groups excluding carboxylic acids is 1. The Bertz CT molecular complexity index is 982. The molecule has 1 aliphatic rings. The normalized spacial score (nSPS) is 15.8. The molecule has 1 fully saturated rings. The Labute approximate surface area is 178 Å². The highest BCUT2D eigenvalue weighted by Crippen LogP contribution is 2.25. The largest absolute Gasteiger partial charge is 0.396 e. The van der Waals surface area contributed by atoms with Crippen molar-refractivity contribution < 1.29 is 9.90 Å². The third kappa shape index (κ3) is 5.38. The maximum absolute atomic E-state index is 12.5. The molecule has 0 radical (unpaired) electrons. The van der Waals surface area contributed by atoms with Gasteiger partial charge >= 0.3 is 0 Å². The molecule has 0 unspecified atom stereocenters. The highest BCUT2D eigenvalue weighted by molar-refractivity contribution is 6.02. The molecule has 1 heterocycles. The average Bonchev–Trinajstić information content (AvgIpc) is 2.71. The number of nitrogens with zero attached hydrogens (tertiary/aromatic N) is 3. The van der Waals surface area contributed by atoms with E-state index in [1.54, 1.807) is 6.08 Å². The van der Waals surface area contributed by atoms with Gasteiger partial charge in [0.1, 0.15) is 11.6 Å². The number of benzene rings is 2. The summed E-state index contributed by atoms with van der Waals surface area (Å²) in [6.07, 6.45) is 2.03. The standard InChI is InChI=1S/C24H30N4O2/c1-24(2,8-13-29)26-23(30)21(17-25)15-18-4-5-20-16-22(7-6-19(20)14-18)28-11-9-27(3)10-12-28/h4-7,14-16,29H,8-13H2,1-3H3,(H,26,30)/b21-15+. The lowest BCUT2D eigenvalue weighted by atomic mass is 10.00. The van der Waals surface area contributed by atoms with Gasteiger partial charge in [0.25, 0.3) is 5.91 Å². The number of hydrogen-bond donors (Lipinski definition) is 2. The third-order valence-electron chi connectivity index (χ3n) is 5.58. The summed E-state index contributed by atoms with van der Waals surface area (Å²) in [5.41, 5.74) is 1.50. The first-order valence-electron chi connectivity index (χ1n) is 10.3. The summed E-state index contributed by atoms with van der Waals surface area (Å²) in [6, 6.07) is 14.4. The zero-order valence-corrected chi connectivity index (χ0v) is 18.0. The van der Waals surface area contributed by atoms with Gasteiger partial charge in [-0.2, -0.15) is 5.26 Å². The maximum Gasteiger partial charge on any atom is 0.262 e. The summed E-state index contributed by atoms with van der Waals surface area (Å²) in [7, 11) is 2.15. The summed E-state index contributed by atoms with van der Waals surface area (Å²) in [6.45, 7) is 7.80. The van der Waals surface area contributed by atoms with Gasteiger partial charge in [-0.25, -0.2) is 0 Å². The number of rotatable bonds is 6. The van der Waals surface area contributed by atoms with Crippen LogP contribution in [0, 0.1) is 11.3 Å². The molecule has 30 heavy (non-hydrogen) atoms. The Balaban J connectivity index is 1.79. The summed E-state index contributed by atoms with van der Waals surface area (Å²) < 4.78 is 0. The van der Waals surface area contributed by atoms with E-state index in [2.05, 4.69) is 40.4 Å². The van der Waals surface area contributed by atoms with E-state index in [-0.39, 0.29) is 12.2 Å². The number of aliphatic hydroxyl groups excluding tert-OH is 1. The second-order valence-electron chi connectivity index (χ2n) is 8.56. The molecular formula is C24H30N4O2. The van der Waals surface area contributed by atoms with Crippen molar-refractivity contribution in [1.29, 1.82) is 5.26 Å². The van der Waals surface area contributed by atoms with Gasteiger partial charge in [0.2, 0.25) is 0 Å². The van der Waals surface area contributed by atoms with E-state index in [4.69, 9.17) is 5.11 Å². The van der Waals surface area contributed by atoms with Crippen LogP contribution in [0.5, 0.6) is 0 Å². The van der Waals surface area contributed by atoms with Crippen molar-refractivity contribution in [3.8, 4) is 6.07 Å². The van der Waals surface area contributed by atoms with Crippen LogP contribution in [0.2, 0.25) is 0 Å². The minimum Gasteiger partial charge on any atom is -0.396 e. The predicted molar refractivity (Wildman–Crippen MR) is 121 cm³/mol. The fourth-order valence-corrected chi connectivity index (χ4v) is 3.63. The van der Waals surface area contributed by atoms with Crippen LogP contribution < -0.4 is 10.2 Å². The highest BCUT2D eigenvalue weighted by Gasteiger charge is 2.22. The molecule has 2 aromatic rings. The van der Waals surface area contributed by atoms with Crippen molar-refractivity contribution in [3.05, 3.63) is 47.5 Å². The molecule has 0 aliphatic carbocycles. The highest BCUT2D eigenvalue weighted by atomic mass is 16.3. The van der Waals surface area contributed by atoms with Gasteiger partial charge in [-0.05, 0) is 67.9 Å². The van der Waals surface area contributed by atoms with E-state index in [1.807, 2.05) is 38.1 Å². The van der Waals surface area contributed by atoms with E-state index in [0.717, 1.165) is 42.5 Å². The monoisotopic (exact) mass is 406 g/mol. The Hall–Kier alpha value is -2.88. The number of aliphatic hydroxyl groups is 1. The number of fused-ring (bicyclic) bond motifs is 1. The molecule has 2 N–H and O–H groups in total. The van der Waals surface area contributed by atoms with Crippen LogP contribution >= 0.6 is 0 Å². The molecule has 2 aromatic carbocycles. The average molecular weight is 407 g/mol. The van der Waals surface area contributed by atoms with E-state index in [9.17, 15) is 10.1 Å². The van der Waals surface area contributed by atoms with E-state index in [1.165, 1.54) is 5.69 Å². The van der Waals surface area contributed by atoms with Crippen molar-refractivity contribution in [2.24, 2.45) is 0 Å². The molecule has 1 saturated heterocycles. The Morgan fingerprint density at radius 1 is 1.17 bits per heavy atom. The molecule has 0 bridgehead atoms. The molecule has 0 spiro atoms. The topological polar surface area (TPSA) is 79.6 Å². The van der Waals surface area contributed by atoms with Crippen LogP contribution in [0.25, 0.3) is 16.8 Å². The van der Waals surface area contributed by atoms with Crippen molar-refractivity contribution in [2.75, 3.05) is 44.7 Å². The lowest BCUT2D eigenvalue weighted by Crippen LogP contribution is -2.44. The molecule has 0 aromatic heterocycles. The molecule has 158 valence electrons. The van der Waals surface area contributed by atoms with Gasteiger partial charge in [-0.3, -0.25) is 4.79 Å². The summed E-state index contributed by atoms with van der Waals surface area (Å²) in [5, 5.41) is 23.6. The number of amides is 1. The molecule has 1 amide bonds. The van der Waals surface area contributed by atoms with Gasteiger partial charge in [0.15, 0.2) is 0 Å². The first-order chi connectivity index (χ1) is 14.3. The molecule has 6 nitrogen and oxygen atoms in total. The molecule has 1 aliphatic heterocycles. The van der Waals surface area contributed by atoms with Gasteiger partial charge in [0, 0.05) is 44.0 Å². The lowest BCUT2D eigenvalue weighted by Gasteiger charge is -2.34. The van der Waals surface area contributed by atoms with Crippen molar-refractivity contribution in [3.63, 3.8) is 0 Å². The fourth-order valence-electron chi connectivity index (χ4n) is 3.63. The molecule has 0 atom stereocenters. The number of anilines is 1. The van der Waals surface area contributed by atoms with Crippen LogP contribution in [0.1, 0.15) is 25.8 Å². The van der Waals surface area contributed by atoms with Crippen molar-refractivity contribution in [1.82, 2.24) is 10.2 Å². The zero-order valence-electron chi connectivity index (χ0n) is 18.0. The van der Waals surface area contributed by atoms with Gasteiger partial charge in [-0.15, -0.1) is 0 Å². The second-order valence-corrected chi connectivity index (χ2v) is 8.56. The van der Waals surface area contributed by atoms with Gasteiger partial charge in [-0.1, -0.05) is 18.2 Å². The number of carbonyl (C=O) groups is 1. The van der Waals surface area contributed by atoms with E-state index < -0.39 is 11.4 Å². The van der Waals surface area contributed by atoms with Gasteiger partial charge < -0.3 is 20.2 Å². The van der Waals surface area contributed by atoms with Crippen LogP contribution in [0.4, 0.5) is 5.69 Å². The summed E-state index contributed by atoms with van der Waals surface area (Å²) in [4.78, 5) is 17.2. The number of piperazine rings is 1. The van der Waals surface area contributed by atoms with E-state index in [0.29, 0.717) is 6.42 Å².